The lowest BCUT2D eigenvalue weighted by Gasteiger charge is -2.30. The van der Waals surface area contributed by atoms with Crippen LogP contribution in [-0.4, -0.2) is 48.1 Å². The third-order valence-electron chi connectivity index (χ3n) is 6.39. The number of aryl methyl sites for hydroxylation is 3. The molecule has 1 aromatic carbocycles. The van der Waals surface area contributed by atoms with Crippen LogP contribution < -0.4 is 15.4 Å². The zero-order chi connectivity index (χ0) is 22.8. The van der Waals surface area contributed by atoms with Crippen molar-refractivity contribution in [3.63, 3.8) is 0 Å². The van der Waals surface area contributed by atoms with E-state index < -0.39 is 0 Å². The molecule has 2 N–H and O–H groups in total. The van der Waals surface area contributed by atoms with Gasteiger partial charge in [-0.15, -0.1) is 10.2 Å². The van der Waals surface area contributed by atoms with Crippen LogP contribution in [0, 0.1) is 6.92 Å². The molecule has 2 aliphatic rings. The number of hydrogen-bond acceptors (Lipinski definition) is 6. The molecule has 3 aromatic rings. The molecule has 4 heterocycles. The van der Waals surface area contributed by atoms with E-state index in [1.807, 2.05) is 41.4 Å². The van der Waals surface area contributed by atoms with Gasteiger partial charge in [0.25, 0.3) is 0 Å². The second-order valence-corrected chi connectivity index (χ2v) is 8.62. The van der Waals surface area contributed by atoms with Gasteiger partial charge >= 0.3 is 0 Å². The van der Waals surface area contributed by atoms with E-state index in [0.29, 0.717) is 13.2 Å². The molecule has 5 rings (SSSR count). The Hall–Kier alpha value is -3.43. The van der Waals surface area contributed by atoms with Crippen molar-refractivity contribution >= 4 is 5.96 Å². The summed E-state index contributed by atoms with van der Waals surface area (Å²) in [5, 5.41) is 20.4. The summed E-state index contributed by atoms with van der Waals surface area (Å²) >= 11 is 0. The summed E-state index contributed by atoms with van der Waals surface area (Å²) in [6.45, 7) is 5.93. The molecule has 10 heteroatoms. The second kappa shape index (κ2) is 9.21. The quantitative estimate of drug-likeness (QED) is 0.452. The van der Waals surface area contributed by atoms with Crippen LogP contribution in [-0.2, 0) is 33.0 Å². The van der Waals surface area contributed by atoms with Crippen molar-refractivity contribution in [1.82, 2.24) is 40.2 Å². The lowest BCUT2D eigenvalue weighted by atomic mass is 10.0. The Balaban J connectivity index is 1.36. The van der Waals surface area contributed by atoms with Crippen molar-refractivity contribution in [2.24, 2.45) is 12.0 Å². The minimum Gasteiger partial charge on any atom is -0.493 e. The van der Waals surface area contributed by atoms with Crippen molar-refractivity contribution in [2.45, 2.75) is 64.7 Å². The van der Waals surface area contributed by atoms with Crippen molar-refractivity contribution < 1.29 is 4.74 Å². The highest BCUT2D eigenvalue weighted by Gasteiger charge is 2.25. The summed E-state index contributed by atoms with van der Waals surface area (Å²) in [5.41, 5.74) is 1.16. The molecule has 2 aromatic heterocycles. The number of ether oxygens (including phenoxy) is 1. The first kappa shape index (κ1) is 21.4. The summed E-state index contributed by atoms with van der Waals surface area (Å²) < 4.78 is 9.85. The summed E-state index contributed by atoms with van der Waals surface area (Å²) in [6.07, 6.45) is 3.61. The largest absolute Gasteiger partial charge is 0.493 e. The van der Waals surface area contributed by atoms with Crippen LogP contribution in [0.2, 0.25) is 0 Å². The van der Waals surface area contributed by atoms with Gasteiger partial charge in [0.05, 0.1) is 19.2 Å². The fourth-order valence-electron chi connectivity index (χ4n) is 4.35. The van der Waals surface area contributed by atoms with Gasteiger partial charge in [0.2, 0.25) is 0 Å². The molecule has 0 bridgehead atoms. The Kier molecular flexibility index (Phi) is 5.97. The zero-order valence-electron chi connectivity index (χ0n) is 19.5. The minimum absolute atomic E-state index is 0.125. The van der Waals surface area contributed by atoms with Gasteiger partial charge < -0.3 is 19.9 Å². The molecular weight excluding hydrogens is 418 g/mol. The molecule has 0 saturated carbocycles. The van der Waals surface area contributed by atoms with Crippen molar-refractivity contribution in [3.05, 3.63) is 53.1 Å². The summed E-state index contributed by atoms with van der Waals surface area (Å²) in [6, 6.07) is 8.53. The maximum absolute atomic E-state index is 5.84. The van der Waals surface area contributed by atoms with Gasteiger partial charge in [-0.25, -0.2) is 14.7 Å². The summed E-state index contributed by atoms with van der Waals surface area (Å²) in [7, 11) is 1.97. The minimum atomic E-state index is 0.125. The van der Waals surface area contributed by atoms with Gasteiger partial charge in [-0.2, -0.15) is 5.10 Å². The Morgan fingerprint density at radius 3 is 2.91 bits per heavy atom. The average molecular weight is 450 g/mol. The highest BCUT2D eigenvalue weighted by Crippen LogP contribution is 2.31. The maximum Gasteiger partial charge on any atom is 0.192 e. The first-order chi connectivity index (χ1) is 16.1. The molecule has 0 spiro atoms. The van der Waals surface area contributed by atoms with E-state index in [1.54, 1.807) is 0 Å². The number of nitrogens with one attached hydrogen (secondary N) is 2. The van der Waals surface area contributed by atoms with Crippen LogP contribution in [0.25, 0.3) is 0 Å². The fraction of sp³-hybridized carbons (Fsp3) is 0.522. The Morgan fingerprint density at radius 1 is 1.21 bits per heavy atom. The molecule has 0 saturated heterocycles. The zero-order valence-corrected chi connectivity index (χ0v) is 19.5. The van der Waals surface area contributed by atoms with Gasteiger partial charge in [-0.05, 0) is 19.4 Å². The number of aromatic nitrogens is 6. The van der Waals surface area contributed by atoms with Gasteiger partial charge in [0, 0.05) is 37.9 Å². The summed E-state index contributed by atoms with van der Waals surface area (Å²) in [4.78, 5) is 9.53. The number of aliphatic imine (C=N–C) groups is 1. The SMILES string of the molecule is CCc1nc2n(n1)CC(NC(=NCc1nnc(C)n1C)NC1CCOc3ccccc31)CC2. The van der Waals surface area contributed by atoms with E-state index in [1.165, 1.54) is 0 Å². The van der Waals surface area contributed by atoms with E-state index >= 15 is 0 Å². The van der Waals surface area contributed by atoms with Crippen molar-refractivity contribution in [1.29, 1.82) is 0 Å². The molecule has 2 aliphatic heterocycles. The molecule has 33 heavy (non-hydrogen) atoms. The third-order valence-corrected chi connectivity index (χ3v) is 6.39. The number of nitrogens with zero attached hydrogens (tertiary/aromatic N) is 7. The number of benzene rings is 1. The van der Waals surface area contributed by atoms with Crippen LogP contribution in [0.3, 0.4) is 0 Å². The molecule has 0 amide bonds. The highest BCUT2D eigenvalue weighted by molar-refractivity contribution is 5.80. The Morgan fingerprint density at radius 2 is 2.09 bits per heavy atom. The van der Waals surface area contributed by atoms with E-state index in [9.17, 15) is 0 Å². The number of para-hydroxylation sites is 1. The van der Waals surface area contributed by atoms with E-state index in [-0.39, 0.29) is 12.1 Å². The molecule has 0 radical (unpaired) electrons. The first-order valence-electron chi connectivity index (χ1n) is 11.7. The predicted octanol–water partition coefficient (Wildman–Crippen LogP) is 1.85. The number of guanidine groups is 1. The molecule has 2 unspecified atom stereocenters. The second-order valence-electron chi connectivity index (χ2n) is 8.62. The third kappa shape index (κ3) is 4.55. The predicted molar refractivity (Wildman–Crippen MR) is 124 cm³/mol. The molecule has 0 aliphatic carbocycles. The number of hydrogen-bond donors (Lipinski definition) is 2. The van der Waals surface area contributed by atoms with Crippen LogP contribution >= 0.6 is 0 Å². The molecule has 0 fully saturated rings. The van der Waals surface area contributed by atoms with Crippen LogP contribution in [0.15, 0.2) is 29.3 Å². The van der Waals surface area contributed by atoms with E-state index in [4.69, 9.17) is 9.73 Å². The van der Waals surface area contributed by atoms with Crippen LogP contribution in [0.1, 0.15) is 54.7 Å². The van der Waals surface area contributed by atoms with Crippen LogP contribution in [0.5, 0.6) is 5.75 Å². The van der Waals surface area contributed by atoms with Crippen molar-refractivity contribution in [3.8, 4) is 5.75 Å². The smallest absolute Gasteiger partial charge is 0.192 e. The fourth-order valence-corrected chi connectivity index (χ4v) is 4.35. The van der Waals surface area contributed by atoms with Gasteiger partial charge in [0.1, 0.15) is 23.9 Å². The normalized spacial score (nSPS) is 20.0. The Bertz CT molecular complexity index is 1150. The van der Waals surface area contributed by atoms with E-state index in [2.05, 4.69) is 43.9 Å². The summed E-state index contributed by atoms with van der Waals surface area (Å²) in [5.74, 6) is 5.39. The average Bonchev–Trinajstić information content (AvgIpc) is 3.40. The first-order valence-corrected chi connectivity index (χ1v) is 11.7. The van der Waals surface area contributed by atoms with Crippen molar-refractivity contribution in [2.75, 3.05) is 6.61 Å². The molecule has 2 atom stereocenters. The maximum atomic E-state index is 5.84. The Labute approximate surface area is 193 Å². The molecular formula is C23H31N9O. The highest BCUT2D eigenvalue weighted by atomic mass is 16.5. The number of rotatable bonds is 5. The molecule has 10 nitrogen and oxygen atoms in total. The monoisotopic (exact) mass is 449 g/mol. The van der Waals surface area contributed by atoms with Gasteiger partial charge in [-0.1, -0.05) is 25.1 Å². The standard InChI is InChI=1S/C23H31N9O/c1-4-20-27-21-10-9-16(14-32(21)30-20)25-23(24-13-22-29-28-15(2)31(22)3)26-18-11-12-33-19-8-6-5-7-17(18)19/h5-8,16,18H,4,9-14H2,1-3H3,(H2,24,25,26). The topological polar surface area (TPSA) is 107 Å². The van der Waals surface area contributed by atoms with E-state index in [0.717, 1.165) is 72.8 Å². The van der Waals surface area contributed by atoms with Gasteiger partial charge in [0.15, 0.2) is 17.6 Å². The van der Waals surface area contributed by atoms with Crippen LogP contribution in [0.4, 0.5) is 0 Å². The number of fused-ring (bicyclic) bond motifs is 2. The van der Waals surface area contributed by atoms with Gasteiger partial charge in [-0.3, -0.25) is 0 Å². The molecule has 174 valence electrons. The lowest BCUT2D eigenvalue weighted by molar-refractivity contribution is 0.261. The lowest BCUT2D eigenvalue weighted by Crippen LogP contribution is -2.48.